The fourth-order valence-corrected chi connectivity index (χ4v) is 4.66. The van der Waals surface area contributed by atoms with E-state index in [0.717, 1.165) is 37.0 Å². The molecule has 2 aromatic carbocycles. The van der Waals surface area contributed by atoms with Crippen molar-refractivity contribution in [3.8, 4) is 32.5 Å². The molecule has 4 aromatic rings. The Bertz CT molecular complexity index is 1010. The van der Waals surface area contributed by atoms with Crippen LogP contribution in [0.4, 0.5) is 0 Å². The van der Waals surface area contributed by atoms with Crippen molar-refractivity contribution in [1.82, 2.24) is 9.97 Å². The van der Waals surface area contributed by atoms with Crippen LogP contribution in [0.5, 0.6) is 0 Å². The maximum Gasteiger partial charge on any atom is 0.153 e. The molecular formula is C20H15BrN2S2. The number of aromatic nitrogens is 2. The molecule has 0 saturated carbocycles. The predicted octanol–water partition coefficient (Wildman–Crippen LogP) is 6.98. The lowest BCUT2D eigenvalue weighted by atomic mass is 10.1. The van der Waals surface area contributed by atoms with E-state index in [9.17, 15) is 0 Å². The van der Waals surface area contributed by atoms with Gasteiger partial charge in [-0.15, -0.1) is 22.7 Å². The Labute approximate surface area is 163 Å². The van der Waals surface area contributed by atoms with Gasteiger partial charge in [0, 0.05) is 25.9 Å². The van der Waals surface area contributed by atoms with Gasteiger partial charge in [0.15, 0.2) is 10.0 Å². The van der Waals surface area contributed by atoms with Crippen LogP contribution in [0, 0.1) is 13.8 Å². The van der Waals surface area contributed by atoms with Gasteiger partial charge in [-0.2, -0.15) is 0 Å². The van der Waals surface area contributed by atoms with Crippen molar-refractivity contribution in [2.24, 2.45) is 0 Å². The number of aryl methyl sites for hydroxylation is 2. The molecule has 0 aliphatic carbocycles. The van der Waals surface area contributed by atoms with Crippen LogP contribution in [0.2, 0.25) is 0 Å². The van der Waals surface area contributed by atoms with Crippen molar-refractivity contribution in [2.75, 3.05) is 0 Å². The second-order valence-electron chi connectivity index (χ2n) is 5.83. The van der Waals surface area contributed by atoms with E-state index >= 15 is 0 Å². The van der Waals surface area contributed by atoms with E-state index in [2.05, 4.69) is 71.6 Å². The van der Waals surface area contributed by atoms with Crippen LogP contribution in [-0.2, 0) is 0 Å². The van der Waals surface area contributed by atoms with Gasteiger partial charge in [-0.3, -0.25) is 0 Å². The Hall–Kier alpha value is -1.82. The number of benzene rings is 2. The highest BCUT2D eigenvalue weighted by molar-refractivity contribution is 9.10. The summed E-state index contributed by atoms with van der Waals surface area (Å²) < 4.78 is 1.07. The summed E-state index contributed by atoms with van der Waals surface area (Å²) in [5.74, 6) is 0. The van der Waals surface area contributed by atoms with Crippen LogP contribution in [0.15, 0.2) is 58.4 Å². The molecule has 4 rings (SSSR count). The first kappa shape index (κ1) is 16.6. The predicted molar refractivity (Wildman–Crippen MR) is 111 cm³/mol. The van der Waals surface area contributed by atoms with E-state index in [1.54, 1.807) is 22.7 Å². The van der Waals surface area contributed by atoms with E-state index in [1.165, 1.54) is 10.4 Å². The van der Waals surface area contributed by atoms with Crippen molar-refractivity contribution >= 4 is 38.6 Å². The minimum Gasteiger partial charge on any atom is -0.233 e. The summed E-state index contributed by atoms with van der Waals surface area (Å²) in [6.45, 7) is 4.22. The monoisotopic (exact) mass is 426 g/mol. The summed E-state index contributed by atoms with van der Waals surface area (Å²) in [6, 6.07) is 16.8. The average Bonchev–Trinajstić information content (AvgIpc) is 3.23. The molecule has 0 bridgehead atoms. The Balaban J connectivity index is 1.68. The highest BCUT2D eigenvalue weighted by atomic mass is 79.9. The lowest BCUT2D eigenvalue weighted by molar-refractivity contribution is 1.33. The largest absolute Gasteiger partial charge is 0.233 e. The molecule has 0 aliphatic rings. The number of hydrogen-bond acceptors (Lipinski definition) is 4. The van der Waals surface area contributed by atoms with Crippen LogP contribution in [-0.4, -0.2) is 9.97 Å². The number of hydrogen-bond donors (Lipinski definition) is 0. The van der Waals surface area contributed by atoms with Crippen LogP contribution in [0.3, 0.4) is 0 Å². The molecule has 124 valence electrons. The molecule has 0 amide bonds. The second-order valence-corrected chi connectivity index (χ2v) is 8.81. The summed E-state index contributed by atoms with van der Waals surface area (Å²) in [6.07, 6.45) is 0. The highest BCUT2D eigenvalue weighted by Crippen LogP contribution is 2.36. The van der Waals surface area contributed by atoms with E-state index in [1.807, 2.05) is 12.1 Å². The smallest absolute Gasteiger partial charge is 0.153 e. The molecule has 0 unspecified atom stereocenters. The normalized spacial score (nSPS) is 11.0. The Morgan fingerprint density at radius 2 is 1.48 bits per heavy atom. The SMILES string of the molecule is Cc1ccc(-c2nc(-c3nc(-c4ccc(Br)cc4)cs3)sc2C)cc1. The van der Waals surface area contributed by atoms with Crippen molar-refractivity contribution < 1.29 is 0 Å². The van der Waals surface area contributed by atoms with Crippen molar-refractivity contribution in [2.45, 2.75) is 13.8 Å². The first-order valence-electron chi connectivity index (χ1n) is 7.86. The van der Waals surface area contributed by atoms with Crippen LogP contribution >= 0.6 is 38.6 Å². The van der Waals surface area contributed by atoms with Crippen molar-refractivity contribution in [3.63, 3.8) is 0 Å². The topological polar surface area (TPSA) is 25.8 Å². The fourth-order valence-electron chi connectivity index (χ4n) is 2.59. The minimum atomic E-state index is 0.976. The summed E-state index contributed by atoms with van der Waals surface area (Å²) in [4.78, 5) is 10.9. The summed E-state index contributed by atoms with van der Waals surface area (Å²) in [5.41, 5.74) is 5.60. The molecule has 5 heteroatoms. The van der Waals surface area contributed by atoms with E-state index < -0.39 is 0 Å². The third kappa shape index (κ3) is 3.45. The minimum absolute atomic E-state index is 0.976. The summed E-state index contributed by atoms with van der Waals surface area (Å²) in [7, 11) is 0. The van der Waals surface area contributed by atoms with Crippen molar-refractivity contribution in [1.29, 1.82) is 0 Å². The van der Waals surface area contributed by atoms with Crippen molar-refractivity contribution in [3.05, 3.63) is 68.8 Å². The standard InChI is InChI=1S/C20H15BrN2S2/c1-12-3-5-15(6-4-12)18-13(2)25-20(23-18)19-22-17(11-24-19)14-7-9-16(21)10-8-14/h3-11H,1-2H3. The van der Waals surface area contributed by atoms with Crippen LogP contribution in [0.25, 0.3) is 32.5 Å². The molecule has 0 radical (unpaired) electrons. The van der Waals surface area contributed by atoms with Gasteiger partial charge in [-0.05, 0) is 26.0 Å². The van der Waals surface area contributed by atoms with E-state index in [-0.39, 0.29) is 0 Å². The Morgan fingerprint density at radius 1 is 0.800 bits per heavy atom. The molecule has 0 N–H and O–H groups in total. The molecule has 0 saturated heterocycles. The van der Waals surface area contributed by atoms with E-state index in [4.69, 9.17) is 9.97 Å². The maximum absolute atomic E-state index is 4.86. The number of thiazole rings is 2. The zero-order valence-corrected chi connectivity index (χ0v) is 17.0. The third-order valence-electron chi connectivity index (χ3n) is 3.95. The van der Waals surface area contributed by atoms with Gasteiger partial charge in [0.2, 0.25) is 0 Å². The molecule has 0 atom stereocenters. The molecular weight excluding hydrogens is 412 g/mol. The lowest BCUT2D eigenvalue weighted by Crippen LogP contribution is -1.82. The van der Waals surface area contributed by atoms with Gasteiger partial charge in [-0.1, -0.05) is 57.9 Å². The molecule has 25 heavy (non-hydrogen) atoms. The molecule has 0 spiro atoms. The molecule has 2 heterocycles. The zero-order chi connectivity index (χ0) is 17.4. The van der Waals surface area contributed by atoms with Crippen LogP contribution < -0.4 is 0 Å². The van der Waals surface area contributed by atoms with Gasteiger partial charge in [0.1, 0.15) is 0 Å². The molecule has 2 nitrogen and oxygen atoms in total. The maximum atomic E-state index is 4.86. The summed E-state index contributed by atoms with van der Waals surface area (Å²) >= 11 is 6.82. The molecule has 2 aromatic heterocycles. The lowest BCUT2D eigenvalue weighted by Gasteiger charge is -1.99. The van der Waals surface area contributed by atoms with Gasteiger partial charge < -0.3 is 0 Å². The van der Waals surface area contributed by atoms with Gasteiger partial charge in [0.25, 0.3) is 0 Å². The number of nitrogens with zero attached hydrogens (tertiary/aromatic N) is 2. The van der Waals surface area contributed by atoms with E-state index in [0.29, 0.717) is 0 Å². The third-order valence-corrected chi connectivity index (χ3v) is 6.43. The Kier molecular flexibility index (Phi) is 4.54. The van der Waals surface area contributed by atoms with Crippen LogP contribution in [0.1, 0.15) is 10.4 Å². The first-order valence-corrected chi connectivity index (χ1v) is 10.4. The second kappa shape index (κ2) is 6.83. The number of rotatable bonds is 3. The molecule has 0 aliphatic heterocycles. The highest BCUT2D eigenvalue weighted by Gasteiger charge is 2.14. The average molecular weight is 427 g/mol. The fraction of sp³-hybridized carbons (Fsp3) is 0.100. The zero-order valence-electron chi connectivity index (χ0n) is 13.8. The van der Waals surface area contributed by atoms with Gasteiger partial charge >= 0.3 is 0 Å². The quantitative estimate of drug-likeness (QED) is 0.353. The molecule has 0 fully saturated rings. The Morgan fingerprint density at radius 3 is 2.20 bits per heavy atom. The van der Waals surface area contributed by atoms with Gasteiger partial charge in [-0.25, -0.2) is 9.97 Å². The first-order chi connectivity index (χ1) is 12.1. The number of halogens is 1. The van der Waals surface area contributed by atoms with Gasteiger partial charge in [0.05, 0.1) is 11.4 Å². The summed E-state index contributed by atoms with van der Waals surface area (Å²) in [5, 5.41) is 4.06.